The second kappa shape index (κ2) is 7.75. The third kappa shape index (κ3) is 3.91. The SMILES string of the molecule is N#C[C@]1(C(F)F)CCc2c(S(=O)(=O)Nc3cc(F)c(OC(F)F)cc3F)c[nH]c2C1. The minimum absolute atomic E-state index is 0.121. The second-order valence-corrected chi connectivity index (χ2v) is 8.25. The van der Waals surface area contributed by atoms with Gasteiger partial charge in [-0.1, -0.05) is 0 Å². The van der Waals surface area contributed by atoms with Crippen molar-refractivity contribution in [2.24, 2.45) is 5.41 Å². The van der Waals surface area contributed by atoms with Crippen molar-refractivity contribution < 1.29 is 39.5 Å². The first-order chi connectivity index (χ1) is 14.0. The Morgan fingerprint density at radius 1 is 1.20 bits per heavy atom. The zero-order chi connectivity index (χ0) is 22.3. The predicted molar refractivity (Wildman–Crippen MR) is 90.7 cm³/mol. The predicted octanol–water partition coefficient (Wildman–Crippen LogP) is 3.96. The van der Waals surface area contributed by atoms with Gasteiger partial charge in [0.2, 0.25) is 0 Å². The molecule has 0 bridgehead atoms. The van der Waals surface area contributed by atoms with Crippen molar-refractivity contribution in [1.29, 1.82) is 5.26 Å². The molecule has 1 aliphatic rings. The third-order valence-electron chi connectivity index (χ3n) is 4.76. The molecule has 0 fully saturated rings. The number of nitriles is 1. The van der Waals surface area contributed by atoms with Gasteiger partial charge in [0.05, 0.1) is 11.8 Å². The highest BCUT2D eigenvalue weighted by Gasteiger charge is 2.45. The van der Waals surface area contributed by atoms with Crippen molar-refractivity contribution >= 4 is 15.7 Å². The summed E-state index contributed by atoms with van der Waals surface area (Å²) in [4.78, 5) is 2.16. The number of sulfonamides is 1. The van der Waals surface area contributed by atoms with E-state index in [9.17, 15) is 34.8 Å². The molecule has 13 heteroatoms. The largest absolute Gasteiger partial charge is 0.432 e. The molecule has 0 aliphatic heterocycles. The van der Waals surface area contributed by atoms with Crippen LogP contribution in [0.1, 0.15) is 17.7 Å². The molecule has 1 aliphatic carbocycles. The van der Waals surface area contributed by atoms with E-state index in [-0.39, 0.29) is 35.1 Å². The number of benzene rings is 1. The van der Waals surface area contributed by atoms with Crippen LogP contribution < -0.4 is 9.46 Å². The first-order valence-electron chi connectivity index (χ1n) is 8.34. The molecule has 0 saturated carbocycles. The summed E-state index contributed by atoms with van der Waals surface area (Å²) in [7, 11) is -4.50. The molecule has 0 amide bonds. The number of aromatic amines is 1. The topological polar surface area (TPSA) is 95.0 Å². The number of nitrogens with zero attached hydrogens (tertiary/aromatic N) is 1. The monoisotopic (exact) mass is 453 g/mol. The molecular weight excluding hydrogens is 440 g/mol. The van der Waals surface area contributed by atoms with Gasteiger partial charge in [-0.2, -0.15) is 14.0 Å². The summed E-state index contributed by atoms with van der Waals surface area (Å²) < 4.78 is 110. The number of hydrogen-bond donors (Lipinski definition) is 2. The van der Waals surface area contributed by atoms with Crippen molar-refractivity contribution in [2.45, 2.75) is 37.2 Å². The molecule has 0 unspecified atom stereocenters. The molecule has 3 rings (SSSR count). The minimum Gasteiger partial charge on any atom is -0.432 e. The van der Waals surface area contributed by atoms with Gasteiger partial charge in [0.15, 0.2) is 17.4 Å². The summed E-state index contributed by atoms with van der Waals surface area (Å²) in [5.41, 5.74) is -2.55. The Bertz CT molecular complexity index is 1110. The van der Waals surface area contributed by atoms with Gasteiger partial charge in [0, 0.05) is 30.4 Å². The summed E-state index contributed by atoms with van der Waals surface area (Å²) >= 11 is 0. The van der Waals surface area contributed by atoms with Gasteiger partial charge in [0.1, 0.15) is 10.3 Å². The van der Waals surface area contributed by atoms with Crippen LogP contribution in [-0.4, -0.2) is 26.4 Å². The summed E-state index contributed by atoms with van der Waals surface area (Å²) in [6, 6.07) is 2.18. The number of anilines is 1. The fourth-order valence-electron chi connectivity index (χ4n) is 3.22. The molecule has 1 heterocycles. The number of alkyl halides is 4. The zero-order valence-corrected chi connectivity index (χ0v) is 15.7. The maximum Gasteiger partial charge on any atom is 0.387 e. The Kier molecular flexibility index (Phi) is 5.64. The van der Waals surface area contributed by atoms with Crippen LogP contribution in [-0.2, 0) is 22.9 Å². The molecule has 1 aromatic carbocycles. The number of aromatic nitrogens is 1. The van der Waals surface area contributed by atoms with Gasteiger partial charge in [-0.15, -0.1) is 0 Å². The van der Waals surface area contributed by atoms with Crippen molar-refractivity contribution in [3.8, 4) is 11.8 Å². The highest BCUT2D eigenvalue weighted by atomic mass is 32.2. The maximum atomic E-state index is 14.1. The molecule has 0 saturated heterocycles. The number of halogens is 6. The lowest BCUT2D eigenvalue weighted by molar-refractivity contribution is -0.0523. The van der Waals surface area contributed by atoms with Crippen LogP contribution in [0.2, 0.25) is 0 Å². The normalized spacial score (nSPS) is 18.9. The first kappa shape index (κ1) is 21.8. The van der Waals surface area contributed by atoms with Gasteiger partial charge in [0.25, 0.3) is 16.4 Å². The molecule has 2 N–H and O–H groups in total. The lowest BCUT2D eigenvalue weighted by atomic mass is 9.75. The number of rotatable bonds is 6. The fraction of sp³-hybridized carbons (Fsp3) is 0.353. The van der Waals surface area contributed by atoms with E-state index >= 15 is 0 Å². The molecule has 1 atom stereocenters. The van der Waals surface area contributed by atoms with Crippen molar-refractivity contribution in [3.05, 3.63) is 41.2 Å². The lowest BCUT2D eigenvalue weighted by Crippen LogP contribution is -2.34. The summed E-state index contributed by atoms with van der Waals surface area (Å²) in [5, 5.41) is 9.12. The van der Waals surface area contributed by atoms with Gasteiger partial charge >= 0.3 is 6.61 Å². The van der Waals surface area contributed by atoms with Crippen LogP contribution in [0.4, 0.5) is 32.0 Å². The van der Waals surface area contributed by atoms with Gasteiger partial charge in [-0.25, -0.2) is 26.0 Å². The lowest BCUT2D eigenvalue weighted by Gasteiger charge is -2.30. The highest BCUT2D eigenvalue weighted by molar-refractivity contribution is 7.92. The van der Waals surface area contributed by atoms with Crippen molar-refractivity contribution in [1.82, 2.24) is 4.98 Å². The van der Waals surface area contributed by atoms with Crippen molar-refractivity contribution in [2.75, 3.05) is 4.72 Å². The van der Waals surface area contributed by atoms with E-state index in [4.69, 9.17) is 5.26 Å². The van der Waals surface area contributed by atoms with Gasteiger partial charge in [-0.3, -0.25) is 4.72 Å². The Morgan fingerprint density at radius 2 is 1.90 bits per heavy atom. The smallest absolute Gasteiger partial charge is 0.387 e. The average Bonchev–Trinajstić information content (AvgIpc) is 3.08. The van der Waals surface area contributed by atoms with Crippen LogP contribution in [0.25, 0.3) is 0 Å². The van der Waals surface area contributed by atoms with Crippen LogP contribution >= 0.6 is 0 Å². The Labute approximate surface area is 166 Å². The Morgan fingerprint density at radius 3 is 2.50 bits per heavy atom. The molecular formula is C17H13F6N3O3S. The van der Waals surface area contributed by atoms with E-state index in [2.05, 4.69) is 9.72 Å². The Balaban J connectivity index is 1.91. The minimum atomic E-state index is -4.50. The fourth-order valence-corrected chi connectivity index (χ4v) is 4.54. The number of hydrogen-bond acceptors (Lipinski definition) is 4. The summed E-state index contributed by atoms with van der Waals surface area (Å²) in [6.45, 7) is -3.42. The van der Waals surface area contributed by atoms with Crippen molar-refractivity contribution in [3.63, 3.8) is 0 Å². The number of H-pyrrole nitrogens is 1. The van der Waals surface area contributed by atoms with E-state index in [0.29, 0.717) is 6.07 Å². The molecule has 162 valence electrons. The quantitative estimate of drug-likeness (QED) is 0.648. The van der Waals surface area contributed by atoms with E-state index in [1.807, 2.05) is 0 Å². The van der Waals surface area contributed by atoms with Crippen LogP contribution in [0.15, 0.2) is 23.2 Å². The third-order valence-corrected chi connectivity index (χ3v) is 6.20. The summed E-state index contributed by atoms with van der Waals surface area (Å²) in [6.07, 6.45) is -2.81. The van der Waals surface area contributed by atoms with E-state index in [1.165, 1.54) is 0 Å². The molecule has 0 radical (unpaired) electrons. The summed E-state index contributed by atoms with van der Waals surface area (Å²) in [5.74, 6) is -3.91. The Hall–Kier alpha value is -2.88. The molecule has 1 aromatic heterocycles. The molecule has 2 aromatic rings. The average molecular weight is 453 g/mol. The molecule has 30 heavy (non-hydrogen) atoms. The number of nitrogens with one attached hydrogen (secondary N) is 2. The van der Waals surface area contributed by atoms with E-state index in [0.717, 1.165) is 6.20 Å². The number of ether oxygens (including phenoxy) is 1. The van der Waals surface area contributed by atoms with Gasteiger partial charge in [-0.05, 0) is 18.4 Å². The highest BCUT2D eigenvalue weighted by Crippen LogP contribution is 2.41. The van der Waals surface area contributed by atoms with E-state index in [1.54, 1.807) is 10.8 Å². The second-order valence-electron chi connectivity index (χ2n) is 6.60. The van der Waals surface area contributed by atoms with Crippen LogP contribution in [0.5, 0.6) is 5.75 Å². The maximum absolute atomic E-state index is 14.1. The molecule has 0 spiro atoms. The van der Waals surface area contributed by atoms with Gasteiger partial charge < -0.3 is 9.72 Å². The van der Waals surface area contributed by atoms with Crippen LogP contribution in [0, 0.1) is 28.4 Å². The van der Waals surface area contributed by atoms with Crippen LogP contribution in [0.3, 0.4) is 0 Å². The number of fused-ring (bicyclic) bond motifs is 1. The first-order valence-corrected chi connectivity index (χ1v) is 9.82. The zero-order valence-electron chi connectivity index (χ0n) is 14.9. The van der Waals surface area contributed by atoms with E-state index < -0.39 is 58.0 Å². The standard InChI is InChI=1S/C17H13F6N3O3S/c18-9-4-13(29-16(22)23)10(19)3-11(9)26-30(27,28)14-6-25-12-5-17(7-24,15(20)21)2-1-8(12)14/h3-4,6,15-16,25-26H,1-2,5H2/t17-/m0/s1. The molecule has 6 nitrogen and oxygen atoms in total.